The van der Waals surface area contributed by atoms with Crippen LogP contribution >= 0.6 is 0 Å². The van der Waals surface area contributed by atoms with E-state index < -0.39 is 46.7 Å². The Kier molecular flexibility index (Phi) is 11.4. The van der Waals surface area contributed by atoms with Gasteiger partial charge in [0.1, 0.15) is 28.9 Å². The average Bonchev–Trinajstić information content (AvgIpc) is 2.53. The number of nitrogens with two attached hydrogens (primary N) is 1. The van der Waals surface area contributed by atoms with Crippen molar-refractivity contribution in [1.82, 2.24) is 5.32 Å². The highest BCUT2D eigenvalue weighted by Gasteiger charge is 2.28. The van der Waals surface area contributed by atoms with Crippen LogP contribution in [-0.4, -0.2) is 52.7 Å². The maximum Gasteiger partial charge on any atom is 0.329 e. The number of carbonyl (C=O) groups is 4. The largest absolute Gasteiger partial charge is 0.460 e. The number of nitrogens with one attached hydrogen (secondary N) is 1. The zero-order valence-corrected chi connectivity index (χ0v) is 21.1. The van der Waals surface area contributed by atoms with E-state index in [9.17, 15) is 19.2 Å². The van der Waals surface area contributed by atoms with Gasteiger partial charge in [0.2, 0.25) is 5.91 Å². The van der Waals surface area contributed by atoms with E-state index in [0.717, 1.165) is 0 Å². The molecular weight excluding hydrogens is 416 g/mol. The summed E-state index contributed by atoms with van der Waals surface area (Å²) in [5, 5.41) is 2.63. The standard InChI is InChI=1S/C23H42N2O7/c1-21(2,3)30-18(27)12-10-11-16(20(29)32-23(7,8)9)25-17(26)14-13-15(24)19(28)31-22(4,5)6/h15-16H,10-14,24H2,1-9H3,(H,25,26)/t15-,16-/m0/s1. The summed E-state index contributed by atoms with van der Waals surface area (Å²) >= 11 is 0. The summed E-state index contributed by atoms with van der Waals surface area (Å²) in [6, 6.07) is -1.88. The lowest BCUT2D eigenvalue weighted by Crippen LogP contribution is -2.45. The number of esters is 3. The summed E-state index contributed by atoms with van der Waals surface area (Å²) in [6.07, 6.45) is 0.649. The van der Waals surface area contributed by atoms with E-state index >= 15 is 0 Å². The smallest absolute Gasteiger partial charge is 0.329 e. The second kappa shape index (κ2) is 12.2. The molecule has 0 unspecified atom stereocenters. The fourth-order valence-electron chi connectivity index (χ4n) is 2.51. The zero-order chi connectivity index (χ0) is 25.3. The molecule has 0 aliphatic rings. The number of carbonyl (C=O) groups excluding carboxylic acids is 4. The van der Waals surface area contributed by atoms with Crippen LogP contribution in [0.4, 0.5) is 0 Å². The topological polar surface area (TPSA) is 134 Å². The first-order chi connectivity index (χ1) is 14.3. The normalized spacial score (nSPS) is 14.2. The average molecular weight is 459 g/mol. The second-order valence-corrected chi connectivity index (χ2v) is 10.8. The minimum Gasteiger partial charge on any atom is -0.460 e. The first kappa shape index (κ1) is 29.8. The van der Waals surface area contributed by atoms with Gasteiger partial charge >= 0.3 is 17.9 Å². The van der Waals surface area contributed by atoms with E-state index in [4.69, 9.17) is 19.9 Å². The van der Waals surface area contributed by atoms with Crippen LogP contribution < -0.4 is 11.1 Å². The number of amides is 1. The minimum atomic E-state index is -0.952. The van der Waals surface area contributed by atoms with Gasteiger partial charge in [-0.3, -0.25) is 14.4 Å². The van der Waals surface area contributed by atoms with E-state index in [1.165, 1.54) is 0 Å². The Bertz CT molecular complexity index is 655. The lowest BCUT2D eigenvalue weighted by atomic mass is 10.1. The Balaban J connectivity index is 4.87. The fraction of sp³-hybridized carbons (Fsp3) is 0.826. The molecular formula is C23H42N2O7. The predicted octanol–water partition coefficient (Wildman–Crippen LogP) is 2.77. The lowest BCUT2D eigenvalue weighted by molar-refractivity contribution is -0.160. The van der Waals surface area contributed by atoms with Crippen LogP contribution in [0.15, 0.2) is 0 Å². The van der Waals surface area contributed by atoms with Gasteiger partial charge in [-0.15, -0.1) is 0 Å². The molecule has 0 aliphatic heterocycles. The van der Waals surface area contributed by atoms with Crippen molar-refractivity contribution < 1.29 is 33.4 Å². The fourth-order valence-corrected chi connectivity index (χ4v) is 2.51. The first-order valence-corrected chi connectivity index (χ1v) is 11.0. The first-order valence-electron chi connectivity index (χ1n) is 11.0. The van der Waals surface area contributed by atoms with Crippen LogP contribution in [0.25, 0.3) is 0 Å². The van der Waals surface area contributed by atoms with Gasteiger partial charge in [0.25, 0.3) is 0 Å². The van der Waals surface area contributed by atoms with Gasteiger partial charge < -0.3 is 25.3 Å². The molecule has 0 radical (unpaired) electrons. The third-order valence-electron chi connectivity index (χ3n) is 3.71. The van der Waals surface area contributed by atoms with E-state index in [0.29, 0.717) is 6.42 Å². The molecule has 0 saturated heterocycles. The maximum atomic E-state index is 12.5. The van der Waals surface area contributed by atoms with Crippen molar-refractivity contribution in [1.29, 1.82) is 0 Å². The Hall–Kier alpha value is -2.16. The Labute approximate surface area is 192 Å². The molecule has 0 bridgehead atoms. The molecule has 9 heteroatoms. The molecule has 0 heterocycles. The van der Waals surface area contributed by atoms with Crippen molar-refractivity contribution in [3.8, 4) is 0 Å². The molecule has 0 aromatic heterocycles. The van der Waals surface area contributed by atoms with E-state index in [-0.39, 0.29) is 31.7 Å². The highest BCUT2D eigenvalue weighted by Crippen LogP contribution is 2.14. The van der Waals surface area contributed by atoms with Gasteiger partial charge in [-0.05, 0) is 81.6 Å². The summed E-state index contributed by atoms with van der Waals surface area (Å²) < 4.78 is 15.9. The number of ether oxygens (including phenoxy) is 3. The SMILES string of the molecule is CC(C)(C)OC(=O)CCC[C@H](NC(=O)CC[C@H](N)C(=O)OC(C)(C)C)C(=O)OC(C)(C)C. The number of hydrogen-bond acceptors (Lipinski definition) is 8. The summed E-state index contributed by atoms with van der Waals surface area (Å²) in [5.41, 5.74) is 3.81. The molecule has 0 saturated carbocycles. The molecule has 186 valence electrons. The molecule has 0 rings (SSSR count). The van der Waals surface area contributed by atoms with E-state index in [1.807, 2.05) is 0 Å². The second-order valence-electron chi connectivity index (χ2n) is 10.8. The number of rotatable bonds is 10. The molecule has 3 N–H and O–H groups in total. The predicted molar refractivity (Wildman–Crippen MR) is 121 cm³/mol. The molecule has 9 nitrogen and oxygen atoms in total. The molecule has 0 fully saturated rings. The molecule has 0 aromatic carbocycles. The summed E-state index contributed by atoms with van der Waals surface area (Å²) in [7, 11) is 0. The Morgan fingerprint density at radius 3 is 1.66 bits per heavy atom. The molecule has 2 atom stereocenters. The summed E-state index contributed by atoms with van der Waals surface area (Å²) in [5.74, 6) is -2.01. The van der Waals surface area contributed by atoms with Crippen molar-refractivity contribution in [3.63, 3.8) is 0 Å². The number of hydrogen-bond donors (Lipinski definition) is 2. The minimum absolute atomic E-state index is 0.0637. The highest BCUT2D eigenvalue weighted by molar-refractivity contribution is 5.85. The lowest BCUT2D eigenvalue weighted by Gasteiger charge is -2.25. The molecule has 32 heavy (non-hydrogen) atoms. The van der Waals surface area contributed by atoms with E-state index in [1.54, 1.807) is 62.3 Å². The maximum absolute atomic E-state index is 12.5. The molecule has 0 spiro atoms. The molecule has 0 aliphatic carbocycles. The van der Waals surface area contributed by atoms with Gasteiger partial charge in [-0.2, -0.15) is 0 Å². The molecule has 1 amide bonds. The van der Waals surface area contributed by atoms with Crippen molar-refractivity contribution in [2.24, 2.45) is 5.73 Å². The Morgan fingerprint density at radius 2 is 1.19 bits per heavy atom. The van der Waals surface area contributed by atoms with Gasteiger partial charge in [0.15, 0.2) is 0 Å². The summed E-state index contributed by atoms with van der Waals surface area (Å²) in [6.45, 7) is 15.7. The van der Waals surface area contributed by atoms with Crippen LogP contribution in [0.2, 0.25) is 0 Å². The molecule has 0 aromatic rings. The quantitative estimate of drug-likeness (QED) is 0.377. The summed E-state index contributed by atoms with van der Waals surface area (Å²) in [4.78, 5) is 48.8. The van der Waals surface area contributed by atoms with E-state index in [2.05, 4.69) is 5.32 Å². The highest BCUT2D eigenvalue weighted by atomic mass is 16.6. The van der Waals surface area contributed by atoms with Crippen LogP contribution in [0, 0.1) is 0 Å². The third-order valence-corrected chi connectivity index (χ3v) is 3.71. The van der Waals surface area contributed by atoms with Gasteiger partial charge in [-0.1, -0.05) is 0 Å². The van der Waals surface area contributed by atoms with Crippen LogP contribution in [0.3, 0.4) is 0 Å². The van der Waals surface area contributed by atoms with Gasteiger partial charge in [0.05, 0.1) is 0 Å². The third kappa shape index (κ3) is 15.6. The van der Waals surface area contributed by atoms with Gasteiger partial charge in [0, 0.05) is 12.8 Å². The zero-order valence-electron chi connectivity index (χ0n) is 21.1. The van der Waals surface area contributed by atoms with Crippen LogP contribution in [0.1, 0.15) is 94.4 Å². The van der Waals surface area contributed by atoms with Crippen LogP contribution in [-0.2, 0) is 33.4 Å². The van der Waals surface area contributed by atoms with Crippen molar-refractivity contribution >= 4 is 23.8 Å². The van der Waals surface area contributed by atoms with Crippen molar-refractivity contribution in [3.05, 3.63) is 0 Å². The Morgan fingerprint density at radius 1 is 0.719 bits per heavy atom. The van der Waals surface area contributed by atoms with Crippen LogP contribution in [0.5, 0.6) is 0 Å². The van der Waals surface area contributed by atoms with Crippen molar-refractivity contribution in [2.75, 3.05) is 0 Å². The van der Waals surface area contributed by atoms with Crippen molar-refractivity contribution in [2.45, 2.75) is 123 Å². The van der Waals surface area contributed by atoms with Gasteiger partial charge in [-0.25, -0.2) is 4.79 Å². The monoisotopic (exact) mass is 458 g/mol.